The Kier molecular flexibility index (Phi) is 5.87. The number of aryl methyl sites for hydroxylation is 1. The zero-order chi connectivity index (χ0) is 18.4. The second-order valence-electron chi connectivity index (χ2n) is 6.24. The molecule has 26 heavy (non-hydrogen) atoms. The lowest BCUT2D eigenvalue weighted by molar-refractivity contribution is 0.272. The molecule has 0 unspecified atom stereocenters. The van der Waals surface area contributed by atoms with Gasteiger partial charge in [0.1, 0.15) is 12.4 Å². The van der Waals surface area contributed by atoms with Gasteiger partial charge in [0.15, 0.2) is 11.6 Å². The topological polar surface area (TPSA) is 44.5 Å². The van der Waals surface area contributed by atoms with Gasteiger partial charge in [0.25, 0.3) is 0 Å². The van der Waals surface area contributed by atoms with Crippen molar-refractivity contribution in [2.24, 2.45) is 5.73 Å². The Morgan fingerprint density at radius 1 is 0.923 bits per heavy atom. The van der Waals surface area contributed by atoms with Crippen molar-refractivity contribution < 1.29 is 13.9 Å². The van der Waals surface area contributed by atoms with Crippen LogP contribution in [0.1, 0.15) is 11.1 Å². The minimum atomic E-state index is -0.472. The molecule has 0 aliphatic carbocycles. The molecule has 0 aromatic heterocycles. The van der Waals surface area contributed by atoms with E-state index in [4.69, 9.17) is 15.2 Å². The van der Waals surface area contributed by atoms with Crippen molar-refractivity contribution in [3.63, 3.8) is 0 Å². The smallest absolute Gasteiger partial charge is 0.204 e. The molecule has 0 saturated heterocycles. The Balaban J connectivity index is 1.67. The Morgan fingerprint density at radius 3 is 2.38 bits per heavy atom. The molecule has 0 radical (unpaired) electrons. The van der Waals surface area contributed by atoms with E-state index in [1.807, 2.05) is 49.4 Å². The van der Waals surface area contributed by atoms with Crippen LogP contribution in [0.3, 0.4) is 0 Å². The average Bonchev–Trinajstić information content (AvgIpc) is 2.65. The summed E-state index contributed by atoms with van der Waals surface area (Å²) in [6, 6.07) is 21.8. The summed E-state index contributed by atoms with van der Waals surface area (Å²) in [4.78, 5) is 0. The minimum absolute atomic E-state index is 0.0725. The first-order chi connectivity index (χ1) is 12.6. The Bertz CT molecular complexity index is 835. The molecule has 4 heteroatoms. The van der Waals surface area contributed by atoms with Gasteiger partial charge in [-0.1, -0.05) is 54.1 Å². The van der Waals surface area contributed by atoms with Crippen molar-refractivity contribution in [1.29, 1.82) is 0 Å². The molecule has 134 valence electrons. The molecule has 0 spiro atoms. The SMILES string of the molecule is Cc1ccc(Oc2c(F)cccc2OC[C@@H](N)Cc2ccccc2)cc1. The highest BCUT2D eigenvalue weighted by molar-refractivity contribution is 5.44. The summed E-state index contributed by atoms with van der Waals surface area (Å²) in [5.74, 6) is 0.496. The van der Waals surface area contributed by atoms with Crippen LogP contribution in [0.25, 0.3) is 0 Å². The molecule has 0 amide bonds. The quantitative estimate of drug-likeness (QED) is 0.660. The third kappa shape index (κ3) is 4.83. The maximum atomic E-state index is 14.3. The van der Waals surface area contributed by atoms with Crippen LogP contribution in [-0.2, 0) is 6.42 Å². The molecule has 3 nitrogen and oxygen atoms in total. The lowest BCUT2D eigenvalue weighted by atomic mass is 10.1. The fraction of sp³-hybridized carbons (Fsp3) is 0.182. The number of hydrogen-bond acceptors (Lipinski definition) is 3. The number of ether oxygens (including phenoxy) is 2. The molecule has 0 aliphatic heterocycles. The molecule has 0 bridgehead atoms. The first-order valence-corrected chi connectivity index (χ1v) is 8.57. The molecule has 2 N–H and O–H groups in total. The van der Waals surface area contributed by atoms with E-state index in [1.165, 1.54) is 6.07 Å². The van der Waals surface area contributed by atoms with Crippen molar-refractivity contribution in [3.8, 4) is 17.2 Å². The van der Waals surface area contributed by atoms with Crippen molar-refractivity contribution >= 4 is 0 Å². The van der Waals surface area contributed by atoms with Crippen LogP contribution >= 0.6 is 0 Å². The molecule has 0 aliphatic rings. The van der Waals surface area contributed by atoms with E-state index in [1.54, 1.807) is 24.3 Å². The van der Waals surface area contributed by atoms with E-state index in [0.717, 1.165) is 11.1 Å². The lowest BCUT2D eigenvalue weighted by Crippen LogP contribution is -2.30. The molecule has 0 heterocycles. The van der Waals surface area contributed by atoms with E-state index in [2.05, 4.69) is 0 Å². The van der Waals surface area contributed by atoms with Gasteiger partial charge in [-0.2, -0.15) is 0 Å². The zero-order valence-electron chi connectivity index (χ0n) is 14.7. The Morgan fingerprint density at radius 2 is 1.65 bits per heavy atom. The van der Waals surface area contributed by atoms with Crippen LogP contribution in [0.5, 0.6) is 17.2 Å². The van der Waals surface area contributed by atoms with Gasteiger partial charge < -0.3 is 15.2 Å². The molecule has 3 rings (SSSR count). The number of halogens is 1. The predicted molar refractivity (Wildman–Crippen MR) is 101 cm³/mol. The first kappa shape index (κ1) is 18.0. The predicted octanol–water partition coefficient (Wildman–Crippen LogP) is 4.88. The average molecular weight is 351 g/mol. The molecular weight excluding hydrogens is 329 g/mol. The standard InChI is InChI=1S/C22H22FNO2/c1-16-10-12-19(13-11-16)26-22-20(23)8-5-9-21(22)25-15-18(24)14-17-6-3-2-4-7-17/h2-13,18H,14-15,24H2,1H3/t18-/m0/s1. The molecule has 1 atom stereocenters. The first-order valence-electron chi connectivity index (χ1n) is 8.57. The van der Waals surface area contributed by atoms with Gasteiger partial charge >= 0.3 is 0 Å². The van der Waals surface area contributed by atoms with Gasteiger partial charge in [-0.15, -0.1) is 0 Å². The highest BCUT2D eigenvalue weighted by atomic mass is 19.1. The third-order valence-corrected chi connectivity index (χ3v) is 3.97. The van der Waals surface area contributed by atoms with Crippen LogP contribution in [0.4, 0.5) is 4.39 Å². The Labute approximate surface area is 153 Å². The van der Waals surface area contributed by atoms with Crippen LogP contribution in [0, 0.1) is 12.7 Å². The van der Waals surface area contributed by atoms with Crippen molar-refractivity contribution in [3.05, 3.63) is 89.7 Å². The van der Waals surface area contributed by atoms with Gasteiger partial charge in [-0.3, -0.25) is 0 Å². The summed E-state index contributed by atoms with van der Waals surface area (Å²) >= 11 is 0. The monoisotopic (exact) mass is 351 g/mol. The summed E-state index contributed by atoms with van der Waals surface area (Å²) in [7, 11) is 0. The van der Waals surface area contributed by atoms with Gasteiger partial charge in [-0.05, 0) is 43.2 Å². The molecule has 0 saturated carbocycles. The van der Waals surface area contributed by atoms with Crippen molar-refractivity contribution in [2.75, 3.05) is 6.61 Å². The highest BCUT2D eigenvalue weighted by Gasteiger charge is 2.14. The highest BCUT2D eigenvalue weighted by Crippen LogP contribution is 2.34. The maximum absolute atomic E-state index is 14.3. The molecule has 3 aromatic rings. The fourth-order valence-corrected chi connectivity index (χ4v) is 2.60. The third-order valence-electron chi connectivity index (χ3n) is 3.97. The molecule has 3 aromatic carbocycles. The van der Waals surface area contributed by atoms with Crippen LogP contribution in [-0.4, -0.2) is 12.6 Å². The summed E-state index contributed by atoms with van der Waals surface area (Å²) in [5.41, 5.74) is 8.40. The maximum Gasteiger partial charge on any atom is 0.204 e. The summed E-state index contributed by atoms with van der Waals surface area (Å²) in [6.45, 7) is 2.25. The largest absolute Gasteiger partial charge is 0.488 e. The van der Waals surface area contributed by atoms with Gasteiger partial charge in [0, 0.05) is 6.04 Å². The number of nitrogens with two attached hydrogens (primary N) is 1. The van der Waals surface area contributed by atoms with E-state index in [-0.39, 0.29) is 18.4 Å². The number of rotatable bonds is 7. The second kappa shape index (κ2) is 8.50. The van der Waals surface area contributed by atoms with Crippen LogP contribution in [0.15, 0.2) is 72.8 Å². The van der Waals surface area contributed by atoms with Crippen molar-refractivity contribution in [2.45, 2.75) is 19.4 Å². The van der Waals surface area contributed by atoms with E-state index >= 15 is 0 Å². The van der Waals surface area contributed by atoms with Gasteiger partial charge in [0.05, 0.1) is 0 Å². The zero-order valence-corrected chi connectivity index (χ0v) is 14.7. The van der Waals surface area contributed by atoms with Crippen LogP contribution in [0.2, 0.25) is 0 Å². The molecule has 0 fully saturated rings. The number of para-hydroxylation sites is 1. The Hall–Kier alpha value is -2.85. The molecular formula is C22H22FNO2. The summed E-state index contributed by atoms with van der Waals surface area (Å²) < 4.78 is 25.7. The second-order valence-corrected chi connectivity index (χ2v) is 6.24. The van der Waals surface area contributed by atoms with Gasteiger partial charge in [-0.25, -0.2) is 4.39 Å². The minimum Gasteiger partial charge on any atom is -0.488 e. The van der Waals surface area contributed by atoms with Crippen LogP contribution < -0.4 is 15.2 Å². The van der Waals surface area contributed by atoms with Crippen molar-refractivity contribution in [1.82, 2.24) is 0 Å². The van der Waals surface area contributed by atoms with E-state index in [0.29, 0.717) is 17.9 Å². The number of hydrogen-bond donors (Lipinski definition) is 1. The lowest BCUT2D eigenvalue weighted by Gasteiger charge is -2.16. The van der Waals surface area contributed by atoms with E-state index < -0.39 is 5.82 Å². The summed E-state index contributed by atoms with van der Waals surface area (Å²) in [5, 5.41) is 0. The van der Waals surface area contributed by atoms with Gasteiger partial charge in [0.2, 0.25) is 5.75 Å². The normalized spacial score (nSPS) is 11.8. The van der Waals surface area contributed by atoms with E-state index in [9.17, 15) is 4.39 Å². The fourth-order valence-electron chi connectivity index (χ4n) is 2.60. The number of benzene rings is 3. The summed E-state index contributed by atoms with van der Waals surface area (Å²) in [6.07, 6.45) is 0.685.